The van der Waals surface area contributed by atoms with Crippen LogP contribution in [0.25, 0.3) is 0 Å². The van der Waals surface area contributed by atoms with Crippen molar-refractivity contribution in [3.05, 3.63) is 41.7 Å². The molecule has 0 radical (unpaired) electrons. The van der Waals surface area contributed by atoms with Crippen molar-refractivity contribution in [1.82, 2.24) is 20.2 Å². The lowest BCUT2D eigenvalue weighted by Gasteiger charge is -2.18. The molecule has 5 nitrogen and oxygen atoms in total. The molecule has 1 aromatic carbocycles. The van der Waals surface area contributed by atoms with Crippen molar-refractivity contribution in [2.24, 2.45) is 5.92 Å². The monoisotopic (exact) mass is 270 g/mol. The minimum Gasteiger partial charge on any atom is -0.303 e. The fourth-order valence-corrected chi connectivity index (χ4v) is 3.03. The largest absolute Gasteiger partial charge is 0.303 e. The van der Waals surface area contributed by atoms with E-state index in [1.165, 1.54) is 18.4 Å². The van der Waals surface area contributed by atoms with Gasteiger partial charge in [0.15, 0.2) is 5.82 Å². The first-order valence-corrected chi connectivity index (χ1v) is 7.13. The van der Waals surface area contributed by atoms with Gasteiger partial charge in [-0.1, -0.05) is 36.8 Å². The average Bonchev–Trinajstić information content (AvgIpc) is 3.09. The Labute approximate surface area is 118 Å². The highest BCUT2D eigenvalue weighted by Gasteiger charge is 2.30. The molecule has 1 aromatic heterocycles. The number of aromatic nitrogens is 4. The van der Waals surface area contributed by atoms with E-state index >= 15 is 0 Å². The molecule has 5 heteroatoms. The molecule has 1 aliphatic carbocycles. The molecule has 1 aliphatic rings. The van der Waals surface area contributed by atoms with E-state index < -0.39 is 0 Å². The number of hydrogen-bond acceptors (Lipinski definition) is 4. The summed E-state index contributed by atoms with van der Waals surface area (Å²) in [6.45, 7) is 0. The van der Waals surface area contributed by atoms with Crippen LogP contribution in [0.4, 0.5) is 0 Å². The maximum atomic E-state index is 10.5. The van der Waals surface area contributed by atoms with Gasteiger partial charge in [-0.15, -0.1) is 10.2 Å². The van der Waals surface area contributed by atoms with Crippen molar-refractivity contribution in [1.29, 1.82) is 0 Å². The fraction of sp³-hybridized carbons (Fsp3) is 0.467. The number of tetrazole rings is 1. The number of benzene rings is 1. The first-order valence-electron chi connectivity index (χ1n) is 7.13. The fourth-order valence-electron chi connectivity index (χ4n) is 3.03. The van der Waals surface area contributed by atoms with E-state index in [1.54, 1.807) is 4.80 Å². The molecule has 1 heterocycles. The van der Waals surface area contributed by atoms with Crippen molar-refractivity contribution in [3.63, 3.8) is 0 Å². The summed E-state index contributed by atoms with van der Waals surface area (Å²) in [5, 5.41) is 12.4. The Kier molecular flexibility index (Phi) is 3.85. The molecular formula is C15H18N4O. The minimum absolute atomic E-state index is 0.246. The standard InChI is InChI=1S/C15H18N4O/c20-10-9-15-16-18-19(17-15)14-8-4-7-13(14)11-12-5-2-1-3-6-12/h1-3,5-6,10,13-14H,4,7-9,11H2. The van der Waals surface area contributed by atoms with Gasteiger partial charge in [0.1, 0.15) is 6.29 Å². The lowest BCUT2D eigenvalue weighted by atomic mass is 9.95. The molecule has 2 aromatic rings. The molecule has 0 bridgehead atoms. The molecule has 20 heavy (non-hydrogen) atoms. The smallest absolute Gasteiger partial charge is 0.181 e. The molecule has 0 amide bonds. The summed E-state index contributed by atoms with van der Waals surface area (Å²) in [5.74, 6) is 1.07. The first-order chi connectivity index (χ1) is 9.86. The Morgan fingerprint density at radius 2 is 2.10 bits per heavy atom. The van der Waals surface area contributed by atoms with Crippen molar-refractivity contribution in [2.75, 3.05) is 0 Å². The Morgan fingerprint density at radius 1 is 1.25 bits per heavy atom. The van der Waals surface area contributed by atoms with Crippen LogP contribution < -0.4 is 0 Å². The normalized spacial score (nSPS) is 22.0. The molecule has 3 rings (SSSR count). The molecule has 1 saturated carbocycles. The topological polar surface area (TPSA) is 60.7 Å². The summed E-state index contributed by atoms with van der Waals surface area (Å²) in [5.41, 5.74) is 1.36. The van der Waals surface area contributed by atoms with E-state index in [1.807, 2.05) is 6.07 Å². The number of carbonyl (C=O) groups excluding carboxylic acids is 1. The van der Waals surface area contributed by atoms with E-state index in [9.17, 15) is 4.79 Å². The number of carbonyl (C=O) groups is 1. The third-order valence-corrected chi connectivity index (χ3v) is 3.99. The number of hydrogen-bond donors (Lipinski definition) is 0. The number of aldehydes is 1. The van der Waals surface area contributed by atoms with Crippen LogP contribution in [-0.2, 0) is 17.6 Å². The minimum atomic E-state index is 0.246. The van der Waals surface area contributed by atoms with Crippen LogP contribution in [0, 0.1) is 5.92 Å². The maximum absolute atomic E-state index is 10.5. The Hall–Kier alpha value is -2.04. The van der Waals surface area contributed by atoms with Gasteiger partial charge in [-0.05, 0) is 36.0 Å². The van der Waals surface area contributed by atoms with Crippen molar-refractivity contribution in [2.45, 2.75) is 38.1 Å². The zero-order chi connectivity index (χ0) is 13.8. The van der Waals surface area contributed by atoms with Crippen molar-refractivity contribution < 1.29 is 4.79 Å². The van der Waals surface area contributed by atoms with Gasteiger partial charge in [0.05, 0.1) is 12.5 Å². The highest BCUT2D eigenvalue weighted by atomic mass is 16.1. The second-order valence-corrected chi connectivity index (χ2v) is 5.34. The van der Waals surface area contributed by atoms with Gasteiger partial charge < -0.3 is 4.79 Å². The summed E-state index contributed by atoms with van der Waals surface area (Å²) in [7, 11) is 0. The molecule has 0 aliphatic heterocycles. The highest BCUT2D eigenvalue weighted by molar-refractivity contribution is 5.52. The lowest BCUT2D eigenvalue weighted by molar-refractivity contribution is -0.107. The third kappa shape index (κ3) is 2.76. The second-order valence-electron chi connectivity index (χ2n) is 5.34. The third-order valence-electron chi connectivity index (χ3n) is 3.99. The first kappa shape index (κ1) is 13.0. The Morgan fingerprint density at radius 3 is 2.90 bits per heavy atom. The molecule has 1 fully saturated rings. The van der Waals surface area contributed by atoms with Crippen LogP contribution >= 0.6 is 0 Å². The zero-order valence-electron chi connectivity index (χ0n) is 11.4. The molecular weight excluding hydrogens is 252 g/mol. The lowest BCUT2D eigenvalue weighted by Crippen LogP contribution is -2.19. The molecule has 2 unspecified atom stereocenters. The van der Waals surface area contributed by atoms with Crippen LogP contribution in [0.15, 0.2) is 30.3 Å². The summed E-state index contributed by atoms with van der Waals surface area (Å²) in [4.78, 5) is 12.2. The van der Waals surface area contributed by atoms with Crippen LogP contribution in [0.5, 0.6) is 0 Å². The van der Waals surface area contributed by atoms with E-state index in [0.29, 0.717) is 17.8 Å². The predicted molar refractivity (Wildman–Crippen MR) is 74.1 cm³/mol. The predicted octanol–water partition coefficient (Wildman–Crippen LogP) is 2.00. The van der Waals surface area contributed by atoms with Gasteiger partial charge in [-0.25, -0.2) is 0 Å². The van der Waals surface area contributed by atoms with Gasteiger partial charge in [-0.3, -0.25) is 0 Å². The SMILES string of the molecule is O=CCc1nnn(C2CCCC2Cc2ccccc2)n1. The summed E-state index contributed by atoms with van der Waals surface area (Å²) in [6, 6.07) is 10.8. The summed E-state index contributed by atoms with van der Waals surface area (Å²) >= 11 is 0. The van der Waals surface area contributed by atoms with Crippen molar-refractivity contribution >= 4 is 6.29 Å². The van der Waals surface area contributed by atoms with E-state index in [-0.39, 0.29) is 6.42 Å². The molecule has 104 valence electrons. The maximum Gasteiger partial charge on any atom is 0.181 e. The van der Waals surface area contributed by atoms with Gasteiger partial charge >= 0.3 is 0 Å². The van der Waals surface area contributed by atoms with E-state index in [2.05, 4.69) is 39.7 Å². The van der Waals surface area contributed by atoms with Gasteiger partial charge in [0.2, 0.25) is 0 Å². The zero-order valence-corrected chi connectivity index (χ0v) is 11.4. The van der Waals surface area contributed by atoms with Crippen LogP contribution in [0.3, 0.4) is 0 Å². The Bertz CT molecular complexity index is 566. The number of rotatable bonds is 5. The van der Waals surface area contributed by atoms with E-state index in [4.69, 9.17) is 0 Å². The van der Waals surface area contributed by atoms with Gasteiger partial charge in [0.25, 0.3) is 0 Å². The van der Waals surface area contributed by atoms with Gasteiger partial charge in [-0.2, -0.15) is 4.80 Å². The molecule has 0 N–H and O–H groups in total. The van der Waals surface area contributed by atoms with Crippen LogP contribution in [0.1, 0.15) is 36.7 Å². The summed E-state index contributed by atoms with van der Waals surface area (Å²) in [6.07, 6.45) is 5.61. The molecule has 0 spiro atoms. The highest BCUT2D eigenvalue weighted by Crippen LogP contribution is 2.36. The van der Waals surface area contributed by atoms with Crippen molar-refractivity contribution in [3.8, 4) is 0 Å². The van der Waals surface area contributed by atoms with Crippen LogP contribution in [0.2, 0.25) is 0 Å². The molecule has 0 saturated heterocycles. The molecule has 2 atom stereocenters. The summed E-state index contributed by atoms with van der Waals surface area (Å²) < 4.78 is 0. The number of nitrogens with zero attached hydrogens (tertiary/aromatic N) is 4. The van der Waals surface area contributed by atoms with E-state index in [0.717, 1.165) is 19.1 Å². The quantitative estimate of drug-likeness (QED) is 0.780. The Balaban J connectivity index is 1.73. The van der Waals surface area contributed by atoms with Crippen LogP contribution in [-0.4, -0.2) is 26.5 Å². The van der Waals surface area contributed by atoms with Gasteiger partial charge in [0, 0.05) is 0 Å². The average molecular weight is 270 g/mol. The second kappa shape index (κ2) is 5.94.